The Labute approximate surface area is 185 Å². The van der Waals surface area contributed by atoms with Crippen molar-refractivity contribution >= 4 is 23.2 Å². The number of piperazine rings is 1. The molecule has 2 saturated heterocycles. The van der Waals surface area contributed by atoms with Gasteiger partial charge in [0.2, 0.25) is 5.91 Å². The van der Waals surface area contributed by atoms with Crippen LogP contribution in [0.4, 0.5) is 11.5 Å². The van der Waals surface area contributed by atoms with Crippen molar-refractivity contribution in [2.45, 2.75) is 46.6 Å². The molecule has 1 aromatic heterocycles. The SMILES string of the molecule is C=C(N=C1/C(=C\N)C(C)(C)C(=O)N1C(CC)CC)Nc1ccc(N2CCNCC2)cn1. The molecule has 0 aromatic carbocycles. The number of amidine groups is 1. The largest absolute Gasteiger partial charge is 0.404 e. The first-order valence-electron chi connectivity index (χ1n) is 11.1. The lowest BCUT2D eigenvalue weighted by molar-refractivity contribution is -0.133. The lowest BCUT2D eigenvalue weighted by atomic mass is 9.87. The molecular formula is C23H35N7O. The Morgan fingerprint density at radius 2 is 2.03 bits per heavy atom. The van der Waals surface area contributed by atoms with E-state index in [4.69, 9.17) is 5.73 Å². The van der Waals surface area contributed by atoms with Crippen LogP contribution in [0, 0.1) is 5.41 Å². The maximum absolute atomic E-state index is 13.2. The smallest absolute Gasteiger partial charge is 0.238 e. The lowest BCUT2D eigenvalue weighted by Gasteiger charge is -2.29. The third-order valence-electron chi connectivity index (χ3n) is 6.11. The Hall–Kier alpha value is -2.87. The maximum atomic E-state index is 13.2. The molecule has 0 spiro atoms. The Balaban J connectivity index is 1.81. The van der Waals surface area contributed by atoms with E-state index in [1.807, 2.05) is 32.2 Å². The number of amides is 1. The van der Waals surface area contributed by atoms with Crippen LogP contribution in [-0.4, -0.2) is 53.8 Å². The van der Waals surface area contributed by atoms with E-state index in [0.717, 1.165) is 50.3 Å². The fourth-order valence-electron chi connectivity index (χ4n) is 4.19. The summed E-state index contributed by atoms with van der Waals surface area (Å²) in [5.41, 5.74) is 7.02. The van der Waals surface area contributed by atoms with Gasteiger partial charge in [-0.05, 0) is 38.8 Å². The zero-order valence-corrected chi connectivity index (χ0v) is 19.1. The van der Waals surface area contributed by atoms with Crippen molar-refractivity contribution in [3.05, 3.63) is 42.5 Å². The predicted octanol–water partition coefficient (Wildman–Crippen LogP) is 2.67. The molecule has 0 atom stereocenters. The van der Waals surface area contributed by atoms with Gasteiger partial charge in [0.25, 0.3) is 0 Å². The van der Waals surface area contributed by atoms with Gasteiger partial charge >= 0.3 is 0 Å². The minimum absolute atomic E-state index is 0.0166. The van der Waals surface area contributed by atoms with Crippen molar-refractivity contribution in [1.29, 1.82) is 0 Å². The van der Waals surface area contributed by atoms with Crippen LogP contribution < -0.4 is 21.3 Å². The van der Waals surface area contributed by atoms with Gasteiger partial charge < -0.3 is 21.3 Å². The molecule has 8 nitrogen and oxygen atoms in total. The molecule has 0 aliphatic carbocycles. The van der Waals surface area contributed by atoms with Crippen molar-refractivity contribution in [1.82, 2.24) is 15.2 Å². The standard InChI is InChI=1S/C23H35N7O/c1-6-17(7-2)30-21(19(14-24)23(4,5)22(30)31)28-16(3)27-20-9-8-18(15-26-20)29-12-10-25-11-13-29/h8-9,14-15,17,25H,3,6-7,10-13,24H2,1-2,4-5H3,(H,26,27)/b19-14+,28-21?. The van der Waals surface area contributed by atoms with E-state index in [-0.39, 0.29) is 11.9 Å². The molecule has 2 fully saturated rings. The van der Waals surface area contributed by atoms with Crippen LogP contribution in [0.2, 0.25) is 0 Å². The third kappa shape index (κ3) is 4.58. The Morgan fingerprint density at radius 1 is 1.35 bits per heavy atom. The van der Waals surface area contributed by atoms with Gasteiger partial charge in [0, 0.05) is 44.0 Å². The average molecular weight is 426 g/mol. The number of likely N-dealkylation sites (tertiary alicyclic amines) is 1. The summed E-state index contributed by atoms with van der Waals surface area (Å²) in [6.45, 7) is 15.9. The first-order valence-corrected chi connectivity index (χ1v) is 11.1. The number of hydrogen-bond acceptors (Lipinski definition) is 7. The molecule has 0 unspecified atom stereocenters. The molecule has 0 saturated carbocycles. The summed E-state index contributed by atoms with van der Waals surface area (Å²) in [7, 11) is 0. The van der Waals surface area contributed by atoms with Gasteiger partial charge in [-0.25, -0.2) is 9.98 Å². The summed E-state index contributed by atoms with van der Waals surface area (Å²) in [6.07, 6.45) is 5.03. The molecule has 3 heterocycles. The number of nitrogens with one attached hydrogen (secondary N) is 2. The minimum atomic E-state index is -0.723. The highest BCUT2D eigenvalue weighted by Crippen LogP contribution is 2.39. The second kappa shape index (κ2) is 9.51. The maximum Gasteiger partial charge on any atom is 0.238 e. The van der Waals surface area contributed by atoms with Crippen LogP contribution in [-0.2, 0) is 4.79 Å². The number of nitrogens with two attached hydrogens (primary N) is 1. The van der Waals surface area contributed by atoms with E-state index in [9.17, 15) is 4.79 Å². The molecular weight excluding hydrogens is 390 g/mol. The molecule has 168 valence electrons. The normalized spacial score (nSPS) is 21.4. The van der Waals surface area contributed by atoms with Gasteiger partial charge in [-0.2, -0.15) is 0 Å². The zero-order chi connectivity index (χ0) is 22.6. The van der Waals surface area contributed by atoms with Crippen molar-refractivity contribution in [3.8, 4) is 0 Å². The molecule has 4 N–H and O–H groups in total. The second-order valence-corrected chi connectivity index (χ2v) is 8.50. The number of aliphatic imine (C=N–C) groups is 1. The summed E-state index contributed by atoms with van der Waals surface area (Å²) >= 11 is 0. The van der Waals surface area contributed by atoms with E-state index in [2.05, 4.69) is 45.9 Å². The number of rotatable bonds is 7. The highest BCUT2D eigenvalue weighted by Gasteiger charge is 2.49. The van der Waals surface area contributed by atoms with Crippen LogP contribution in [0.5, 0.6) is 0 Å². The summed E-state index contributed by atoms with van der Waals surface area (Å²) in [6, 6.07) is 4.03. The van der Waals surface area contributed by atoms with E-state index in [0.29, 0.717) is 17.5 Å². The molecule has 0 radical (unpaired) electrons. The van der Waals surface area contributed by atoms with Crippen LogP contribution in [0.25, 0.3) is 0 Å². The lowest BCUT2D eigenvalue weighted by Crippen LogP contribution is -2.43. The summed E-state index contributed by atoms with van der Waals surface area (Å²) in [5.74, 6) is 1.66. The van der Waals surface area contributed by atoms with Crippen molar-refractivity contribution in [2.75, 3.05) is 36.4 Å². The number of nitrogens with zero attached hydrogens (tertiary/aromatic N) is 4. The number of carbonyl (C=O) groups is 1. The zero-order valence-electron chi connectivity index (χ0n) is 19.1. The fourth-order valence-corrected chi connectivity index (χ4v) is 4.19. The van der Waals surface area contributed by atoms with Gasteiger partial charge in [0.1, 0.15) is 17.5 Å². The first-order chi connectivity index (χ1) is 14.8. The monoisotopic (exact) mass is 425 g/mol. The Morgan fingerprint density at radius 3 is 2.58 bits per heavy atom. The molecule has 8 heteroatoms. The Kier molecular flexibility index (Phi) is 7.00. The number of aromatic nitrogens is 1. The molecule has 31 heavy (non-hydrogen) atoms. The topological polar surface area (TPSA) is 98.9 Å². The number of hydrogen-bond donors (Lipinski definition) is 3. The van der Waals surface area contributed by atoms with E-state index in [1.54, 1.807) is 4.90 Å². The van der Waals surface area contributed by atoms with E-state index >= 15 is 0 Å². The van der Waals surface area contributed by atoms with E-state index in [1.165, 1.54) is 6.20 Å². The van der Waals surface area contributed by atoms with Gasteiger partial charge in [-0.3, -0.25) is 9.69 Å². The van der Waals surface area contributed by atoms with Crippen molar-refractivity contribution in [2.24, 2.45) is 16.1 Å². The highest BCUT2D eigenvalue weighted by molar-refractivity contribution is 6.19. The predicted molar refractivity (Wildman–Crippen MR) is 127 cm³/mol. The summed E-state index contributed by atoms with van der Waals surface area (Å²) < 4.78 is 0. The molecule has 1 aromatic rings. The number of carbonyl (C=O) groups excluding carboxylic acids is 1. The van der Waals surface area contributed by atoms with Crippen molar-refractivity contribution < 1.29 is 4.79 Å². The van der Waals surface area contributed by atoms with Crippen LogP contribution >= 0.6 is 0 Å². The molecule has 2 aliphatic rings. The van der Waals surface area contributed by atoms with Crippen molar-refractivity contribution in [3.63, 3.8) is 0 Å². The van der Waals surface area contributed by atoms with Gasteiger partial charge in [0.05, 0.1) is 17.3 Å². The quantitative estimate of drug-likeness (QED) is 0.621. The average Bonchev–Trinajstić information content (AvgIpc) is 2.95. The van der Waals surface area contributed by atoms with Gasteiger partial charge in [0.15, 0.2) is 0 Å². The fraction of sp³-hybridized carbons (Fsp3) is 0.522. The van der Waals surface area contributed by atoms with Crippen LogP contribution in [0.3, 0.4) is 0 Å². The molecule has 2 aliphatic heterocycles. The highest BCUT2D eigenvalue weighted by atomic mass is 16.2. The minimum Gasteiger partial charge on any atom is -0.404 e. The number of pyridine rings is 1. The molecule has 3 rings (SSSR count). The second-order valence-electron chi connectivity index (χ2n) is 8.50. The Bertz CT molecular complexity index is 862. The first kappa shape index (κ1) is 22.8. The summed E-state index contributed by atoms with van der Waals surface area (Å²) in [5, 5.41) is 6.50. The molecule has 0 bridgehead atoms. The van der Waals surface area contributed by atoms with Crippen LogP contribution in [0.1, 0.15) is 40.5 Å². The van der Waals surface area contributed by atoms with E-state index < -0.39 is 5.41 Å². The van der Waals surface area contributed by atoms with Gasteiger partial charge in [-0.15, -0.1) is 0 Å². The number of anilines is 2. The van der Waals surface area contributed by atoms with Crippen LogP contribution in [0.15, 0.2) is 47.5 Å². The summed E-state index contributed by atoms with van der Waals surface area (Å²) in [4.78, 5) is 26.5. The third-order valence-corrected chi connectivity index (χ3v) is 6.11. The van der Waals surface area contributed by atoms with Gasteiger partial charge in [-0.1, -0.05) is 20.4 Å². The molecule has 1 amide bonds.